The van der Waals surface area contributed by atoms with E-state index >= 15 is 0 Å². The van der Waals surface area contributed by atoms with Gasteiger partial charge in [-0.05, 0) is 58.3 Å². The molecule has 4 heteroatoms. The molecule has 1 fully saturated rings. The lowest BCUT2D eigenvalue weighted by molar-refractivity contribution is 0.264. The van der Waals surface area contributed by atoms with Gasteiger partial charge in [0, 0.05) is 24.8 Å². The van der Waals surface area contributed by atoms with E-state index in [9.17, 15) is 5.11 Å². The molecule has 2 heterocycles. The fourth-order valence-corrected chi connectivity index (χ4v) is 2.63. The Bertz CT molecular complexity index is 420. The number of nitrogens with zero attached hydrogens (tertiary/aromatic N) is 2. The summed E-state index contributed by atoms with van der Waals surface area (Å²) in [5.74, 6) is 1.00. The summed E-state index contributed by atoms with van der Waals surface area (Å²) in [4.78, 5) is 6.88. The standard InChI is InChI=1S/C15H25N3O/c1-11(2)18-7-6-13(10-18)8-16-9-14-15(19)5-4-12(3)17-14/h4-5,11,13,16,19H,6-10H2,1-3H3. The molecule has 2 N–H and O–H groups in total. The minimum absolute atomic E-state index is 0.285. The van der Waals surface area contributed by atoms with E-state index in [-0.39, 0.29) is 5.75 Å². The molecule has 0 amide bonds. The second-order valence-corrected chi connectivity index (χ2v) is 5.79. The van der Waals surface area contributed by atoms with E-state index in [2.05, 4.69) is 29.0 Å². The molecule has 19 heavy (non-hydrogen) atoms. The number of nitrogens with one attached hydrogen (secondary N) is 1. The molecule has 1 aromatic rings. The second-order valence-electron chi connectivity index (χ2n) is 5.79. The number of aromatic hydroxyl groups is 1. The highest BCUT2D eigenvalue weighted by Crippen LogP contribution is 2.18. The van der Waals surface area contributed by atoms with Gasteiger partial charge in [-0.1, -0.05) is 0 Å². The van der Waals surface area contributed by atoms with Crippen molar-refractivity contribution in [2.45, 2.75) is 39.8 Å². The van der Waals surface area contributed by atoms with Crippen molar-refractivity contribution in [1.29, 1.82) is 0 Å². The summed E-state index contributed by atoms with van der Waals surface area (Å²) in [5.41, 5.74) is 1.69. The van der Waals surface area contributed by atoms with Crippen molar-refractivity contribution in [1.82, 2.24) is 15.2 Å². The normalized spacial score (nSPS) is 20.3. The molecule has 1 aliphatic rings. The van der Waals surface area contributed by atoms with Crippen LogP contribution in [0, 0.1) is 12.8 Å². The Labute approximate surface area is 115 Å². The zero-order valence-electron chi connectivity index (χ0n) is 12.2. The fourth-order valence-electron chi connectivity index (χ4n) is 2.63. The van der Waals surface area contributed by atoms with E-state index in [0.29, 0.717) is 18.5 Å². The van der Waals surface area contributed by atoms with Gasteiger partial charge in [0.2, 0.25) is 0 Å². The van der Waals surface area contributed by atoms with Crippen molar-refractivity contribution < 1.29 is 5.11 Å². The zero-order valence-corrected chi connectivity index (χ0v) is 12.2. The Kier molecular flexibility index (Phi) is 4.77. The Morgan fingerprint density at radius 2 is 2.26 bits per heavy atom. The molecule has 0 spiro atoms. The molecule has 0 radical (unpaired) electrons. The molecule has 1 unspecified atom stereocenters. The second kappa shape index (κ2) is 6.35. The first-order chi connectivity index (χ1) is 9.06. The summed E-state index contributed by atoms with van der Waals surface area (Å²) >= 11 is 0. The number of rotatable bonds is 5. The van der Waals surface area contributed by atoms with Gasteiger partial charge in [-0.2, -0.15) is 0 Å². The third-order valence-corrected chi connectivity index (χ3v) is 3.86. The van der Waals surface area contributed by atoms with Gasteiger partial charge in [0.1, 0.15) is 5.75 Å². The SMILES string of the molecule is Cc1ccc(O)c(CNCC2CCN(C(C)C)C2)n1. The van der Waals surface area contributed by atoms with Crippen molar-refractivity contribution in [2.24, 2.45) is 5.92 Å². The van der Waals surface area contributed by atoms with Crippen LogP contribution in [0.1, 0.15) is 31.7 Å². The van der Waals surface area contributed by atoms with Crippen molar-refractivity contribution >= 4 is 0 Å². The Balaban J connectivity index is 1.77. The first-order valence-corrected chi connectivity index (χ1v) is 7.16. The summed E-state index contributed by atoms with van der Waals surface area (Å²) in [6, 6.07) is 4.19. The van der Waals surface area contributed by atoms with Gasteiger partial charge in [-0.15, -0.1) is 0 Å². The Morgan fingerprint density at radius 1 is 1.47 bits per heavy atom. The molecule has 2 rings (SSSR count). The van der Waals surface area contributed by atoms with Gasteiger partial charge in [-0.3, -0.25) is 4.98 Å². The lowest BCUT2D eigenvalue weighted by Gasteiger charge is -2.20. The average molecular weight is 263 g/mol. The van der Waals surface area contributed by atoms with Gasteiger partial charge in [0.15, 0.2) is 0 Å². The van der Waals surface area contributed by atoms with Crippen molar-refractivity contribution in [3.05, 3.63) is 23.5 Å². The van der Waals surface area contributed by atoms with Crippen LogP contribution in [0.3, 0.4) is 0 Å². The molecule has 0 saturated carbocycles. The van der Waals surface area contributed by atoms with Crippen LogP contribution in [0.25, 0.3) is 0 Å². The molecule has 1 aromatic heterocycles. The quantitative estimate of drug-likeness (QED) is 0.852. The molecular formula is C15H25N3O. The van der Waals surface area contributed by atoms with Gasteiger partial charge in [0.05, 0.1) is 5.69 Å². The lowest BCUT2D eigenvalue weighted by Crippen LogP contribution is -2.30. The molecular weight excluding hydrogens is 238 g/mol. The number of hydrogen-bond donors (Lipinski definition) is 2. The van der Waals surface area contributed by atoms with E-state index < -0.39 is 0 Å². The molecule has 0 aromatic carbocycles. The predicted molar refractivity (Wildman–Crippen MR) is 77.2 cm³/mol. The molecule has 0 bridgehead atoms. The highest BCUT2D eigenvalue weighted by molar-refractivity contribution is 5.27. The van der Waals surface area contributed by atoms with E-state index in [1.807, 2.05) is 13.0 Å². The third kappa shape index (κ3) is 3.91. The van der Waals surface area contributed by atoms with Gasteiger partial charge < -0.3 is 15.3 Å². The van der Waals surface area contributed by atoms with Crippen LogP contribution in [0.15, 0.2) is 12.1 Å². The van der Waals surface area contributed by atoms with E-state index in [1.165, 1.54) is 19.5 Å². The average Bonchev–Trinajstić information content (AvgIpc) is 2.82. The summed E-state index contributed by atoms with van der Waals surface area (Å²) < 4.78 is 0. The lowest BCUT2D eigenvalue weighted by atomic mass is 10.1. The van der Waals surface area contributed by atoms with E-state index in [4.69, 9.17) is 0 Å². The maximum absolute atomic E-state index is 9.73. The molecule has 0 aliphatic carbocycles. The van der Waals surface area contributed by atoms with Crippen LogP contribution < -0.4 is 5.32 Å². The first-order valence-electron chi connectivity index (χ1n) is 7.16. The highest BCUT2D eigenvalue weighted by Gasteiger charge is 2.23. The maximum atomic E-state index is 9.73. The number of aryl methyl sites for hydroxylation is 1. The summed E-state index contributed by atoms with van der Waals surface area (Å²) in [6.45, 7) is 10.5. The third-order valence-electron chi connectivity index (χ3n) is 3.86. The molecule has 4 nitrogen and oxygen atoms in total. The number of pyridine rings is 1. The van der Waals surface area contributed by atoms with Crippen LogP contribution in [-0.4, -0.2) is 40.7 Å². The maximum Gasteiger partial charge on any atom is 0.138 e. The minimum atomic E-state index is 0.285. The zero-order chi connectivity index (χ0) is 13.8. The number of hydrogen-bond acceptors (Lipinski definition) is 4. The monoisotopic (exact) mass is 263 g/mol. The number of aromatic nitrogens is 1. The molecule has 1 atom stereocenters. The largest absolute Gasteiger partial charge is 0.506 e. The van der Waals surface area contributed by atoms with Crippen molar-refractivity contribution in [3.63, 3.8) is 0 Å². The minimum Gasteiger partial charge on any atom is -0.506 e. The molecule has 106 valence electrons. The van der Waals surface area contributed by atoms with E-state index in [0.717, 1.165) is 17.9 Å². The Hall–Kier alpha value is -1.13. The van der Waals surface area contributed by atoms with Gasteiger partial charge in [0.25, 0.3) is 0 Å². The summed E-state index contributed by atoms with van der Waals surface area (Å²) in [7, 11) is 0. The summed E-state index contributed by atoms with van der Waals surface area (Å²) in [6.07, 6.45) is 1.26. The summed E-state index contributed by atoms with van der Waals surface area (Å²) in [5, 5.41) is 13.2. The van der Waals surface area contributed by atoms with Crippen LogP contribution in [0.2, 0.25) is 0 Å². The van der Waals surface area contributed by atoms with Crippen molar-refractivity contribution in [2.75, 3.05) is 19.6 Å². The number of likely N-dealkylation sites (tertiary alicyclic amines) is 1. The molecule has 1 saturated heterocycles. The van der Waals surface area contributed by atoms with Gasteiger partial charge in [-0.25, -0.2) is 0 Å². The molecule has 1 aliphatic heterocycles. The highest BCUT2D eigenvalue weighted by atomic mass is 16.3. The fraction of sp³-hybridized carbons (Fsp3) is 0.667. The van der Waals surface area contributed by atoms with Gasteiger partial charge >= 0.3 is 0 Å². The van der Waals surface area contributed by atoms with Crippen LogP contribution >= 0.6 is 0 Å². The van der Waals surface area contributed by atoms with E-state index in [1.54, 1.807) is 6.07 Å². The van der Waals surface area contributed by atoms with Crippen LogP contribution in [0.5, 0.6) is 5.75 Å². The van der Waals surface area contributed by atoms with Crippen LogP contribution in [0.4, 0.5) is 0 Å². The Morgan fingerprint density at radius 3 is 2.95 bits per heavy atom. The van der Waals surface area contributed by atoms with Crippen molar-refractivity contribution in [3.8, 4) is 5.75 Å². The topological polar surface area (TPSA) is 48.4 Å². The van der Waals surface area contributed by atoms with Crippen LogP contribution in [-0.2, 0) is 6.54 Å². The first kappa shape index (κ1) is 14.3. The smallest absolute Gasteiger partial charge is 0.138 e. The predicted octanol–water partition coefficient (Wildman–Crippen LogP) is 1.92.